The Morgan fingerprint density at radius 3 is 2.81 bits per heavy atom. The molecule has 1 unspecified atom stereocenters. The monoisotopic (exact) mass is 218 g/mol. The molecule has 2 aromatic rings. The summed E-state index contributed by atoms with van der Waals surface area (Å²) >= 11 is 0. The van der Waals surface area contributed by atoms with Gasteiger partial charge in [-0.2, -0.15) is 0 Å². The third-order valence-corrected chi connectivity index (χ3v) is 2.47. The fourth-order valence-corrected chi connectivity index (χ4v) is 1.65. The second-order valence-corrected chi connectivity index (χ2v) is 3.43. The van der Waals surface area contributed by atoms with Gasteiger partial charge in [0.1, 0.15) is 5.75 Å². The molecule has 0 aliphatic heterocycles. The fraction of sp³-hybridized carbons (Fsp3) is 0.167. The Morgan fingerprint density at radius 1 is 1.31 bits per heavy atom. The van der Waals surface area contributed by atoms with Crippen molar-refractivity contribution in [2.24, 2.45) is 5.84 Å². The molecule has 0 saturated carbocycles. The lowest BCUT2D eigenvalue weighted by Crippen LogP contribution is -2.28. The molecule has 4 nitrogen and oxygen atoms in total. The number of furan rings is 1. The molecule has 0 fully saturated rings. The van der Waals surface area contributed by atoms with Crippen LogP contribution in [0.25, 0.3) is 0 Å². The third kappa shape index (κ3) is 2.08. The summed E-state index contributed by atoms with van der Waals surface area (Å²) in [6, 6.07) is 9.54. The summed E-state index contributed by atoms with van der Waals surface area (Å²) in [6.45, 7) is 0. The SMILES string of the molecule is COc1cccc(C(NN)c2ccoc2)c1. The lowest BCUT2D eigenvalue weighted by Gasteiger charge is -2.15. The van der Waals surface area contributed by atoms with Gasteiger partial charge in [0.05, 0.1) is 25.7 Å². The average molecular weight is 218 g/mol. The highest BCUT2D eigenvalue weighted by molar-refractivity contribution is 5.35. The first kappa shape index (κ1) is 10.7. The highest BCUT2D eigenvalue weighted by Gasteiger charge is 2.13. The molecular weight excluding hydrogens is 204 g/mol. The number of methoxy groups -OCH3 is 1. The standard InChI is InChI=1S/C12H14N2O2/c1-15-11-4-2-3-9(7-11)12(14-13)10-5-6-16-8-10/h2-8,12,14H,13H2,1H3. The number of nitrogens with one attached hydrogen (secondary N) is 1. The Bertz CT molecular complexity index is 440. The van der Waals surface area contributed by atoms with Crippen LogP contribution in [0, 0.1) is 0 Å². The maximum atomic E-state index is 5.56. The van der Waals surface area contributed by atoms with Gasteiger partial charge in [0, 0.05) is 5.56 Å². The molecule has 0 saturated heterocycles. The van der Waals surface area contributed by atoms with Crippen LogP contribution in [0.4, 0.5) is 0 Å². The van der Waals surface area contributed by atoms with Crippen LogP contribution in [-0.2, 0) is 0 Å². The molecule has 2 rings (SSSR count). The average Bonchev–Trinajstić information content (AvgIpc) is 2.84. The van der Waals surface area contributed by atoms with Gasteiger partial charge < -0.3 is 9.15 Å². The van der Waals surface area contributed by atoms with E-state index in [0.717, 1.165) is 16.9 Å². The maximum Gasteiger partial charge on any atom is 0.119 e. The predicted molar refractivity (Wildman–Crippen MR) is 60.9 cm³/mol. The van der Waals surface area contributed by atoms with E-state index in [1.807, 2.05) is 30.3 Å². The van der Waals surface area contributed by atoms with Gasteiger partial charge in [-0.15, -0.1) is 0 Å². The predicted octanol–water partition coefficient (Wildman–Crippen LogP) is 1.84. The topological polar surface area (TPSA) is 60.4 Å². The van der Waals surface area contributed by atoms with E-state index < -0.39 is 0 Å². The fourth-order valence-electron chi connectivity index (χ4n) is 1.65. The van der Waals surface area contributed by atoms with Gasteiger partial charge >= 0.3 is 0 Å². The summed E-state index contributed by atoms with van der Waals surface area (Å²) in [5.41, 5.74) is 4.77. The van der Waals surface area contributed by atoms with Crippen LogP contribution in [-0.4, -0.2) is 7.11 Å². The summed E-state index contributed by atoms with van der Waals surface area (Å²) in [5, 5.41) is 0. The Labute approximate surface area is 94.0 Å². The van der Waals surface area contributed by atoms with Crippen molar-refractivity contribution in [1.29, 1.82) is 0 Å². The van der Waals surface area contributed by atoms with Crippen LogP contribution in [0.5, 0.6) is 5.75 Å². The summed E-state index contributed by atoms with van der Waals surface area (Å²) in [5.74, 6) is 6.36. The van der Waals surface area contributed by atoms with Crippen LogP contribution in [0.15, 0.2) is 47.3 Å². The van der Waals surface area contributed by atoms with E-state index in [2.05, 4.69) is 5.43 Å². The zero-order chi connectivity index (χ0) is 11.4. The lowest BCUT2D eigenvalue weighted by atomic mass is 10.0. The zero-order valence-corrected chi connectivity index (χ0v) is 9.01. The van der Waals surface area contributed by atoms with Crippen molar-refractivity contribution in [3.63, 3.8) is 0 Å². The van der Waals surface area contributed by atoms with Gasteiger partial charge in [-0.3, -0.25) is 5.84 Å². The Balaban J connectivity index is 2.33. The number of nitrogens with two attached hydrogens (primary N) is 1. The molecule has 0 aliphatic rings. The van der Waals surface area contributed by atoms with E-state index in [1.54, 1.807) is 19.6 Å². The van der Waals surface area contributed by atoms with Crippen LogP contribution in [0.1, 0.15) is 17.2 Å². The van der Waals surface area contributed by atoms with Crippen molar-refractivity contribution >= 4 is 0 Å². The van der Waals surface area contributed by atoms with Gasteiger partial charge in [-0.05, 0) is 23.8 Å². The number of benzene rings is 1. The molecular formula is C12H14N2O2. The molecule has 4 heteroatoms. The number of hydrogen-bond acceptors (Lipinski definition) is 4. The van der Waals surface area contributed by atoms with E-state index >= 15 is 0 Å². The number of hydrogen-bond donors (Lipinski definition) is 2. The lowest BCUT2D eigenvalue weighted by molar-refractivity contribution is 0.413. The molecule has 0 bridgehead atoms. The molecule has 1 heterocycles. The van der Waals surface area contributed by atoms with Crippen molar-refractivity contribution in [2.45, 2.75) is 6.04 Å². The molecule has 16 heavy (non-hydrogen) atoms. The zero-order valence-electron chi connectivity index (χ0n) is 9.01. The molecule has 0 spiro atoms. The van der Waals surface area contributed by atoms with Crippen molar-refractivity contribution in [2.75, 3.05) is 7.11 Å². The van der Waals surface area contributed by atoms with E-state index in [1.165, 1.54) is 0 Å². The molecule has 0 amide bonds. The van der Waals surface area contributed by atoms with Gasteiger partial charge in [0.15, 0.2) is 0 Å². The molecule has 0 aliphatic carbocycles. The van der Waals surface area contributed by atoms with Gasteiger partial charge in [-0.1, -0.05) is 12.1 Å². The molecule has 1 aromatic carbocycles. The first-order chi connectivity index (χ1) is 7.85. The quantitative estimate of drug-likeness (QED) is 0.607. The van der Waals surface area contributed by atoms with Crippen molar-refractivity contribution in [3.05, 3.63) is 54.0 Å². The van der Waals surface area contributed by atoms with Gasteiger partial charge in [0.25, 0.3) is 0 Å². The van der Waals surface area contributed by atoms with E-state index in [-0.39, 0.29) is 6.04 Å². The third-order valence-electron chi connectivity index (χ3n) is 2.47. The molecule has 1 aromatic heterocycles. The Morgan fingerprint density at radius 2 is 2.19 bits per heavy atom. The summed E-state index contributed by atoms with van der Waals surface area (Å²) in [6.07, 6.45) is 3.30. The minimum Gasteiger partial charge on any atom is -0.497 e. The molecule has 3 N–H and O–H groups in total. The smallest absolute Gasteiger partial charge is 0.119 e. The highest BCUT2D eigenvalue weighted by Crippen LogP contribution is 2.24. The van der Waals surface area contributed by atoms with E-state index in [0.29, 0.717) is 0 Å². The maximum absolute atomic E-state index is 5.56. The van der Waals surface area contributed by atoms with Crippen molar-refractivity contribution in [1.82, 2.24) is 5.43 Å². The van der Waals surface area contributed by atoms with Crippen molar-refractivity contribution in [3.8, 4) is 5.75 Å². The first-order valence-corrected chi connectivity index (χ1v) is 4.97. The largest absolute Gasteiger partial charge is 0.497 e. The number of hydrazine groups is 1. The molecule has 0 radical (unpaired) electrons. The van der Waals surface area contributed by atoms with E-state index in [4.69, 9.17) is 15.0 Å². The second-order valence-electron chi connectivity index (χ2n) is 3.43. The Hall–Kier alpha value is -1.78. The van der Waals surface area contributed by atoms with Crippen LogP contribution in [0.2, 0.25) is 0 Å². The molecule has 1 atom stereocenters. The van der Waals surface area contributed by atoms with Gasteiger partial charge in [-0.25, -0.2) is 5.43 Å². The first-order valence-electron chi connectivity index (χ1n) is 4.97. The van der Waals surface area contributed by atoms with Crippen LogP contribution in [0.3, 0.4) is 0 Å². The minimum atomic E-state index is -0.0890. The summed E-state index contributed by atoms with van der Waals surface area (Å²) in [7, 11) is 1.64. The van der Waals surface area contributed by atoms with Crippen molar-refractivity contribution < 1.29 is 9.15 Å². The number of ether oxygens (including phenoxy) is 1. The second kappa shape index (κ2) is 4.83. The van der Waals surface area contributed by atoms with Crippen LogP contribution < -0.4 is 16.0 Å². The summed E-state index contributed by atoms with van der Waals surface area (Å²) in [4.78, 5) is 0. The van der Waals surface area contributed by atoms with Crippen LogP contribution >= 0.6 is 0 Å². The number of rotatable bonds is 4. The molecule has 84 valence electrons. The van der Waals surface area contributed by atoms with E-state index in [9.17, 15) is 0 Å². The minimum absolute atomic E-state index is 0.0890. The highest BCUT2D eigenvalue weighted by atomic mass is 16.5. The van der Waals surface area contributed by atoms with Gasteiger partial charge in [0.2, 0.25) is 0 Å². The normalized spacial score (nSPS) is 12.4. The Kier molecular flexibility index (Phi) is 3.24. The summed E-state index contributed by atoms with van der Waals surface area (Å²) < 4.78 is 10.2.